The molecule has 0 bridgehead atoms. The van der Waals surface area contributed by atoms with Gasteiger partial charge in [-0.25, -0.2) is 0 Å². The number of amides is 2. The average molecular weight is 263 g/mol. The largest absolute Gasteiger partial charge is 0.492 e. The van der Waals surface area contributed by atoms with E-state index in [1.54, 1.807) is 24.3 Å². The maximum atomic E-state index is 11.7. The molecule has 1 fully saturated rings. The van der Waals surface area contributed by atoms with Crippen molar-refractivity contribution in [3.8, 4) is 5.75 Å². The fraction of sp³-hybridized carbons (Fsp3) is 0.385. The Hall–Kier alpha value is -2.24. The molecule has 0 spiro atoms. The van der Waals surface area contributed by atoms with Gasteiger partial charge in [0.05, 0.1) is 12.5 Å². The fourth-order valence-corrected chi connectivity index (χ4v) is 1.84. The van der Waals surface area contributed by atoms with Crippen LogP contribution in [0.2, 0.25) is 0 Å². The van der Waals surface area contributed by atoms with Crippen LogP contribution in [-0.4, -0.2) is 31.5 Å². The number of nitrogens with one attached hydrogen (secondary N) is 2. The van der Waals surface area contributed by atoms with Crippen LogP contribution >= 0.6 is 0 Å². The van der Waals surface area contributed by atoms with E-state index in [0.717, 1.165) is 0 Å². The van der Waals surface area contributed by atoms with Gasteiger partial charge in [-0.05, 0) is 24.3 Å². The van der Waals surface area contributed by atoms with Crippen LogP contribution in [0.15, 0.2) is 24.3 Å². The molecule has 1 saturated heterocycles. The molecule has 6 nitrogen and oxygen atoms in total. The summed E-state index contributed by atoms with van der Waals surface area (Å²) in [6, 6.07) is 7.06. The van der Waals surface area contributed by atoms with E-state index in [0.29, 0.717) is 31.1 Å². The minimum Gasteiger partial charge on any atom is -0.492 e. The number of rotatable bonds is 5. The van der Waals surface area contributed by atoms with Gasteiger partial charge in [0.25, 0.3) is 0 Å². The van der Waals surface area contributed by atoms with E-state index in [1.807, 2.05) is 0 Å². The summed E-state index contributed by atoms with van der Waals surface area (Å²) in [6.45, 7) is 1.21. The highest BCUT2D eigenvalue weighted by molar-refractivity contribution is 5.89. The SMILES string of the molecule is Nc1ccc(OCCNC(=O)C2CNC(=O)C2)cc1. The molecule has 0 aromatic heterocycles. The summed E-state index contributed by atoms with van der Waals surface area (Å²) >= 11 is 0. The molecule has 0 saturated carbocycles. The van der Waals surface area contributed by atoms with Crippen molar-refractivity contribution in [1.82, 2.24) is 10.6 Å². The first-order valence-corrected chi connectivity index (χ1v) is 6.18. The van der Waals surface area contributed by atoms with Crippen LogP contribution in [-0.2, 0) is 9.59 Å². The van der Waals surface area contributed by atoms with Crippen molar-refractivity contribution < 1.29 is 14.3 Å². The lowest BCUT2D eigenvalue weighted by Gasteiger charge is -2.10. The molecule has 1 aliphatic rings. The van der Waals surface area contributed by atoms with E-state index in [2.05, 4.69) is 10.6 Å². The van der Waals surface area contributed by atoms with Gasteiger partial charge in [-0.3, -0.25) is 9.59 Å². The summed E-state index contributed by atoms with van der Waals surface area (Å²) in [5, 5.41) is 5.38. The van der Waals surface area contributed by atoms with E-state index in [-0.39, 0.29) is 24.2 Å². The number of nitrogen functional groups attached to an aromatic ring is 1. The van der Waals surface area contributed by atoms with Crippen LogP contribution < -0.4 is 21.1 Å². The molecule has 19 heavy (non-hydrogen) atoms. The number of hydrogen-bond acceptors (Lipinski definition) is 4. The van der Waals surface area contributed by atoms with Gasteiger partial charge < -0.3 is 21.1 Å². The normalized spacial score (nSPS) is 17.9. The van der Waals surface area contributed by atoms with Crippen molar-refractivity contribution >= 4 is 17.5 Å². The fourth-order valence-electron chi connectivity index (χ4n) is 1.84. The van der Waals surface area contributed by atoms with Gasteiger partial charge in [0.2, 0.25) is 11.8 Å². The molecule has 1 aromatic rings. The number of carbonyl (C=O) groups is 2. The van der Waals surface area contributed by atoms with Gasteiger partial charge >= 0.3 is 0 Å². The Bertz CT molecular complexity index is 459. The second-order valence-electron chi connectivity index (χ2n) is 4.41. The highest BCUT2D eigenvalue weighted by Crippen LogP contribution is 2.12. The minimum atomic E-state index is -0.260. The number of nitrogens with two attached hydrogens (primary N) is 1. The zero-order valence-electron chi connectivity index (χ0n) is 10.5. The molecule has 4 N–H and O–H groups in total. The summed E-state index contributed by atoms with van der Waals surface area (Å²) in [5.74, 6) is 0.266. The second kappa shape index (κ2) is 6.08. The Morgan fingerprint density at radius 2 is 2.16 bits per heavy atom. The maximum absolute atomic E-state index is 11.7. The lowest BCUT2D eigenvalue weighted by Crippen LogP contribution is -2.34. The molecule has 1 aliphatic heterocycles. The van der Waals surface area contributed by atoms with Gasteiger partial charge in [0.15, 0.2) is 0 Å². The lowest BCUT2D eigenvalue weighted by atomic mass is 10.1. The van der Waals surface area contributed by atoms with Crippen LogP contribution in [0.5, 0.6) is 5.75 Å². The van der Waals surface area contributed by atoms with E-state index in [4.69, 9.17) is 10.5 Å². The summed E-state index contributed by atoms with van der Waals surface area (Å²) in [5.41, 5.74) is 6.24. The van der Waals surface area contributed by atoms with Crippen LogP contribution in [0, 0.1) is 5.92 Å². The summed E-state index contributed by atoms with van der Waals surface area (Å²) < 4.78 is 5.44. The molecule has 1 unspecified atom stereocenters. The summed E-state index contributed by atoms with van der Waals surface area (Å²) in [7, 11) is 0. The quantitative estimate of drug-likeness (QED) is 0.511. The zero-order chi connectivity index (χ0) is 13.7. The molecule has 6 heteroatoms. The van der Waals surface area contributed by atoms with Gasteiger partial charge in [-0.1, -0.05) is 0 Å². The van der Waals surface area contributed by atoms with Crippen molar-refractivity contribution in [1.29, 1.82) is 0 Å². The Morgan fingerprint density at radius 1 is 1.42 bits per heavy atom. The predicted octanol–water partition coefficient (Wildman–Crippen LogP) is -0.100. The third-order valence-corrected chi connectivity index (χ3v) is 2.90. The molecule has 2 amide bonds. The third kappa shape index (κ3) is 3.87. The van der Waals surface area contributed by atoms with Crippen molar-refractivity contribution in [2.45, 2.75) is 6.42 Å². The minimum absolute atomic E-state index is 0.0710. The van der Waals surface area contributed by atoms with Gasteiger partial charge in [0, 0.05) is 18.7 Å². The van der Waals surface area contributed by atoms with Crippen molar-refractivity contribution in [3.05, 3.63) is 24.3 Å². The maximum Gasteiger partial charge on any atom is 0.225 e. The Labute approximate surface area is 111 Å². The first kappa shape index (κ1) is 13.2. The third-order valence-electron chi connectivity index (χ3n) is 2.90. The number of carbonyl (C=O) groups excluding carboxylic acids is 2. The van der Waals surface area contributed by atoms with E-state index < -0.39 is 0 Å². The number of hydrogen-bond donors (Lipinski definition) is 3. The smallest absolute Gasteiger partial charge is 0.225 e. The molecular formula is C13H17N3O3. The van der Waals surface area contributed by atoms with Crippen molar-refractivity contribution in [2.75, 3.05) is 25.4 Å². The first-order valence-electron chi connectivity index (χ1n) is 6.18. The van der Waals surface area contributed by atoms with E-state index in [9.17, 15) is 9.59 Å². The molecule has 1 aromatic carbocycles. The molecule has 102 valence electrons. The predicted molar refractivity (Wildman–Crippen MR) is 70.5 cm³/mol. The summed E-state index contributed by atoms with van der Waals surface area (Å²) in [4.78, 5) is 22.6. The topological polar surface area (TPSA) is 93.4 Å². The standard InChI is InChI=1S/C13H17N3O3/c14-10-1-3-11(4-2-10)19-6-5-15-13(18)9-7-12(17)16-8-9/h1-4,9H,5-8,14H2,(H,15,18)(H,16,17). The van der Waals surface area contributed by atoms with Crippen LogP contribution in [0.4, 0.5) is 5.69 Å². The van der Waals surface area contributed by atoms with Gasteiger partial charge in [0.1, 0.15) is 12.4 Å². The van der Waals surface area contributed by atoms with Crippen LogP contribution in [0.3, 0.4) is 0 Å². The van der Waals surface area contributed by atoms with Crippen molar-refractivity contribution in [2.24, 2.45) is 5.92 Å². The lowest BCUT2D eigenvalue weighted by molar-refractivity contribution is -0.126. The zero-order valence-corrected chi connectivity index (χ0v) is 10.5. The van der Waals surface area contributed by atoms with Gasteiger partial charge in [-0.15, -0.1) is 0 Å². The van der Waals surface area contributed by atoms with Gasteiger partial charge in [-0.2, -0.15) is 0 Å². The first-order chi connectivity index (χ1) is 9.15. The molecule has 0 aliphatic carbocycles. The van der Waals surface area contributed by atoms with Crippen LogP contribution in [0.1, 0.15) is 6.42 Å². The highest BCUT2D eigenvalue weighted by Gasteiger charge is 2.27. The number of benzene rings is 1. The molecule has 2 rings (SSSR count). The number of ether oxygens (including phenoxy) is 1. The van der Waals surface area contributed by atoms with Crippen LogP contribution in [0.25, 0.3) is 0 Å². The molecular weight excluding hydrogens is 246 g/mol. The number of anilines is 1. The van der Waals surface area contributed by atoms with E-state index >= 15 is 0 Å². The monoisotopic (exact) mass is 263 g/mol. The highest BCUT2D eigenvalue weighted by atomic mass is 16.5. The Morgan fingerprint density at radius 3 is 2.79 bits per heavy atom. The van der Waals surface area contributed by atoms with E-state index in [1.165, 1.54) is 0 Å². The molecule has 0 radical (unpaired) electrons. The Kier molecular flexibility index (Phi) is 4.22. The molecule has 1 heterocycles. The summed E-state index contributed by atoms with van der Waals surface area (Å²) in [6.07, 6.45) is 0.269. The van der Waals surface area contributed by atoms with Crippen molar-refractivity contribution in [3.63, 3.8) is 0 Å². The average Bonchev–Trinajstić information content (AvgIpc) is 2.83. The molecule has 1 atom stereocenters. The Balaban J connectivity index is 1.65. The second-order valence-corrected chi connectivity index (χ2v) is 4.41.